The molecular weight excluding hydrogens is 315 g/mol. The normalized spacial score (nSPS) is 10.5. The van der Waals surface area contributed by atoms with E-state index in [1.54, 1.807) is 12.1 Å². The molecule has 0 radical (unpaired) electrons. The van der Waals surface area contributed by atoms with Crippen LogP contribution in [0.3, 0.4) is 0 Å². The maximum Gasteiger partial charge on any atom is 0.224 e. The van der Waals surface area contributed by atoms with E-state index in [4.69, 9.17) is 0 Å². The van der Waals surface area contributed by atoms with Crippen molar-refractivity contribution in [1.29, 1.82) is 0 Å². The number of halogens is 1. The van der Waals surface area contributed by atoms with Gasteiger partial charge in [-0.25, -0.2) is 9.37 Å². The Morgan fingerprint density at radius 1 is 0.880 bits per heavy atom. The van der Waals surface area contributed by atoms with Crippen LogP contribution in [0.1, 0.15) is 16.8 Å². The van der Waals surface area contributed by atoms with Gasteiger partial charge in [-0.2, -0.15) is 4.98 Å². The predicted octanol–water partition coefficient (Wildman–Crippen LogP) is 4.19. The predicted molar refractivity (Wildman–Crippen MR) is 99.1 cm³/mol. The standard InChI is InChI=1S/C20H21FN4/c1-15-13-19(23-14-17-7-9-18(21)10-8-17)25-20(24-15)22-12-11-16-5-3-2-4-6-16/h2-10,13H,11-12,14H2,1H3,(H2,22,23,24,25). The number of aryl methyl sites for hydroxylation is 1. The highest BCUT2D eigenvalue weighted by atomic mass is 19.1. The lowest BCUT2D eigenvalue weighted by Gasteiger charge is -2.10. The first kappa shape index (κ1) is 16.9. The summed E-state index contributed by atoms with van der Waals surface area (Å²) in [5, 5.41) is 6.52. The van der Waals surface area contributed by atoms with E-state index in [-0.39, 0.29) is 5.82 Å². The summed E-state index contributed by atoms with van der Waals surface area (Å²) >= 11 is 0. The third kappa shape index (κ3) is 5.28. The lowest BCUT2D eigenvalue weighted by molar-refractivity contribution is 0.627. The second kappa shape index (κ2) is 8.24. The van der Waals surface area contributed by atoms with Gasteiger partial charge in [-0.1, -0.05) is 42.5 Å². The van der Waals surface area contributed by atoms with Crippen LogP contribution in [0.25, 0.3) is 0 Å². The minimum Gasteiger partial charge on any atom is -0.366 e. The Balaban J connectivity index is 1.57. The van der Waals surface area contributed by atoms with Crippen molar-refractivity contribution in [2.75, 3.05) is 17.2 Å². The summed E-state index contributed by atoms with van der Waals surface area (Å²) in [6.07, 6.45) is 0.913. The van der Waals surface area contributed by atoms with Crippen LogP contribution >= 0.6 is 0 Å². The number of benzene rings is 2. The van der Waals surface area contributed by atoms with Crippen LogP contribution < -0.4 is 10.6 Å². The zero-order valence-electron chi connectivity index (χ0n) is 14.2. The molecule has 0 atom stereocenters. The van der Waals surface area contributed by atoms with Gasteiger partial charge in [0.25, 0.3) is 0 Å². The Morgan fingerprint density at radius 3 is 2.40 bits per heavy atom. The molecule has 4 nitrogen and oxygen atoms in total. The van der Waals surface area contributed by atoms with Crippen molar-refractivity contribution in [2.45, 2.75) is 19.9 Å². The van der Waals surface area contributed by atoms with Crippen LogP contribution in [-0.2, 0) is 13.0 Å². The van der Waals surface area contributed by atoms with Crippen molar-refractivity contribution in [3.05, 3.63) is 83.3 Å². The van der Waals surface area contributed by atoms with Crippen LogP contribution in [-0.4, -0.2) is 16.5 Å². The highest BCUT2D eigenvalue weighted by molar-refractivity contribution is 5.42. The average Bonchev–Trinajstić information content (AvgIpc) is 2.62. The third-order valence-electron chi connectivity index (χ3n) is 3.78. The number of nitrogens with zero attached hydrogens (tertiary/aromatic N) is 2. The van der Waals surface area contributed by atoms with Crippen LogP contribution in [0.5, 0.6) is 0 Å². The van der Waals surface area contributed by atoms with Gasteiger partial charge < -0.3 is 10.6 Å². The molecule has 3 rings (SSSR count). The molecule has 0 saturated heterocycles. The van der Waals surface area contributed by atoms with Gasteiger partial charge in [0.2, 0.25) is 5.95 Å². The minimum absolute atomic E-state index is 0.230. The highest BCUT2D eigenvalue weighted by Gasteiger charge is 2.03. The molecule has 2 aromatic carbocycles. The van der Waals surface area contributed by atoms with E-state index in [2.05, 4.69) is 32.7 Å². The number of nitrogens with one attached hydrogen (secondary N) is 2. The first-order chi connectivity index (χ1) is 12.2. The van der Waals surface area contributed by atoms with Crippen LogP contribution in [0, 0.1) is 12.7 Å². The van der Waals surface area contributed by atoms with Gasteiger partial charge in [-0.3, -0.25) is 0 Å². The van der Waals surface area contributed by atoms with Gasteiger partial charge in [0.15, 0.2) is 0 Å². The number of aromatic nitrogens is 2. The topological polar surface area (TPSA) is 49.8 Å². The fourth-order valence-electron chi connectivity index (χ4n) is 2.50. The molecule has 0 fully saturated rings. The Hall–Kier alpha value is -2.95. The fraction of sp³-hybridized carbons (Fsp3) is 0.200. The summed E-state index contributed by atoms with van der Waals surface area (Å²) in [5.41, 5.74) is 3.16. The van der Waals surface area contributed by atoms with E-state index >= 15 is 0 Å². The largest absolute Gasteiger partial charge is 0.366 e. The third-order valence-corrected chi connectivity index (χ3v) is 3.78. The van der Waals surface area contributed by atoms with Gasteiger partial charge in [-0.05, 0) is 36.6 Å². The monoisotopic (exact) mass is 336 g/mol. The molecular formula is C20H21FN4. The van der Waals surface area contributed by atoms with E-state index in [1.807, 2.05) is 31.2 Å². The molecule has 0 saturated carbocycles. The smallest absolute Gasteiger partial charge is 0.224 e. The van der Waals surface area contributed by atoms with E-state index in [9.17, 15) is 4.39 Å². The molecule has 1 aromatic heterocycles. The van der Waals surface area contributed by atoms with Crippen molar-refractivity contribution < 1.29 is 4.39 Å². The molecule has 5 heteroatoms. The Labute approximate surface area is 147 Å². The number of hydrogen-bond acceptors (Lipinski definition) is 4. The van der Waals surface area contributed by atoms with Gasteiger partial charge in [0.1, 0.15) is 11.6 Å². The first-order valence-corrected chi connectivity index (χ1v) is 8.31. The van der Waals surface area contributed by atoms with Gasteiger partial charge >= 0.3 is 0 Å². The molecule has 2 N–H and O–H groups in total. The fourth-order valence-corrected chi connectivity index (χ4v) is 2.50. The van der Waals surface area contributed by atoms with Gasteiger partial charge in [-0.15, -0.1) is 0 Å². The van der Waals surface area contributed by atoms with E-state index in [0.29, 0.717) is 12.5 Å². The molecule has 0 amide bonds. The number of anilines is 2. The minimum atomic E-state index is -0.230. The average molecular weight is 336 g/mol. The molecule has 0 bridgehead atoms. The van der Waals surface area contributed by atoms with Gasteiger partial charge in [0.05, 0.1) is 0 Å². The Morgan fingerprint density at radius 2 is 1.64 bits per heavy atom. The number of rotatable bonds is 7. The SMILES string of the molecule is Cc1cc(NCc2ccc(F)cc2)nc(NCCc2ccccc2)n1. The molecule has 3 aromatic rings. The molecule has 25 heavy (non-hydrogen) atoms. The van der Waals surface area contributed by atoms with Gasteiger partial charge in [0, 0.05) is 24.8 Å². The highest BCUT2D eigenvalue weighted by Crippen LogP contribution is 2.12. The van der Waals surface area contributed by atoms with E-state index in [1.165, 1.54) is 17.7 Å². The molecule has 0 aliphatic carbocycles. The molecule has 1 heterocycles. The zero-order valence-corrected chi connectivity index (χ0v) is 14.2. The Bertz CT molecular complexity index is 804. The Kier molecular flexibility index (Phi) is 5.57. The van der Waals surface area contributed by atoms with E-state index < -0.39 is 0 Å². The summed E-state index contributed by atoms with van der Waals surface area (Å²) in [5.74, 6) is 1.13. The molecule has 0 aliphatic heterocycles. The second-order valence-corrected chi connectivity index (χ2v) is 5.86. The summed E-state index contributed by atoms with van der Waals surface area (Å²) in [6, 6.07) is 18.6. The molecule has 0 unspecified atom stereocenters. The zero-order chi connectivity index (χ0) is 17.5. The maximum atomic E-state index is 12.9. The van der Waals surface area contributed by atoms with Crippen molar-refractivity contribution in [3.63, 3.8) is 0 Å². The maximum absolute atomic E-state index is 12.9. The molecule has 0 aliphatic rings. The quantitative estimate of drug-likeness (QED) is 0.679. The summed E-state index contributed by atoms with van der Waals surface area (Å²) in [6.45, 7) is 3.29. The summed E-state index contributed by atoms with van der Waals surface area (Å²) in [4.78, 5) is 8.91. The lowest BCUT2D eigenvalue weighted by atomic mass is 10.1. The second-order valence-electron chi connectivity index (χ2n) is 5.86. The van der Waals surface area contributed by atoms with Crippen LogP contribution in [0.4, 0.5) is 16.2 Å². The van der Waals surface area contributed by atoms with Crippen LogP contribution in [0.15, 0.2) is 60.7 Å². The molecule has 128 valence electrons. The first-order valence-electron chi connectivity index (χ1n) is 8.31. The van der Waals surface area contributed by atoms with Crippen molar-refractivity contribution in [3.8, 4) is 0 Å². The number of hydrogen-bond donors (Lipinski definition) is 2. The molecule has 0 spiro atoms. The van der Waals surface area contributed by atoms with Crippen LogP contribution in [0.2, 0.25) is 0 Å². The summed E-state index contributed by atoms with van der Waals surface area (Å²) in [7, 11) is 0. The van der Waals surface area contributed by atoms with Crippen molar-refractivity contribution >= 4 is 11.8 Å². The lowest BCUT2D eigenvalue weighted by Crippen LogP contribution is -2.10. The summed E-state index contributed by atoms with van der Waals surface area (Å²) < 4.78 is 12.9. The van der Waals surface area contributed by atoms with Crippen molar-refractivity contribution in [1.82, 2.24) is 9.97 Å². The van der Waals surface area contributed by atoms with E-state index in [0.717, 1.165) is 30.0 Å². The van der Waals surface area contributed by atoms with Crippen molar-refractivity contribution in [2.24, 2.45) is 0 Å².